The third-order valence-electron chi connectivity index (χ3n) is 3.25. The molecule has 1 saturated heterocycles. The van der Waals surface area contributed by atoms with E-state index in [-0.39, 0.29) is 18.8 Å². The van der Waals surface area contributed by atoms with Crippen molar-refractivity contribution in [3.63, 3.8) is 0 Å². The molecule has 72 valence electrons. The summed E-state index contributed by atoms with van der Waals surface area (Å²) in [6.07, 6.45) is 1.20. The summed E-state index contributed by atoms with van der Waals surface area (Å²) in [5.41, 5.74) is 6.03. The Labute approximate surface area is 78.3 Å². The first-order valence-electron chi connectivity index (χ1n) is 4.68. The Kier molecular flexibility index (Phi) is 2.24. The van der Waals surface area contributed by atoms with E-state index in [2.05, 4.69) is 11.9 Å². The van der Waals surface area contributed by atoms with Crippen LogP contribution in [0.1, 0.15) is 6.42 Å². The molecule has 1 saturated carbocycles. The van der Waals surface area contributed by atoms with Crippen LogP contribution in [-0.4, -0.2) is 43.3 Å². The number of hydrogen-bond donors (Lipinski definition) is 1. The molecule has 1 heterocycles. The van der Waals surface area contributed by atoms with Gasteiger partial charge in [-0.1, -0.05) is 0 Å². The second-order valence-corrected chi connectivity index (χ2v) is 4.01. The van der Waals surface area contributed by atoms with Crippen molar-refractivity contribution in [2.45, 2.75) is 24.6 Å². The van der Waals surface area contributed by atoms with E-state index in [0.717, 1.165) is 13.0 Å². The van der Waals surface area contributed by atoms with Crippen LogP contribution in [0.5, 0.6) is 0 Å². The molecular formula is C9H15N3O. The van der Waals surface area contributed by atoms with Gasteiger partial charge in [0.1, 0.15) is 6.61 Å². The van der Waals surface area contributed by atoms with Crippen LogP contribution in [-0.2, 0) is 4.74 Å². The largest absolute Gasteiger partial charge is 0.362 e. The Balaban J connectivity index is 1.99. The van der Waals surface area contributed by atoms with Gasteiger partial charge in [0.05, 0.1) is 18.2 Å². The van der Waals surface area contributed by atoms with Crippen LogP contribution in [0.2, 0.25) is 0 Å². The van der Waals surface area contributed by atoms with E-state index in [1.54, 1.807) is 0 Å². The molecule has 2 rings (SSSR count). The Morgan fingerprint density at radius 2 is 2.46 bits per heavy atom. The highest BCUT2D eigenvalue weighted by atomic mass is 16.5. The molecule has 0 radical (unpaired) electrons. The summed E-state index contributed by atoms with van der Waals surface area (Å²) in [6, 6.07) is 2.58. The molecule has 2 aliphatic rings. The minimum atomic E-state index is 0.179. The normalized spacial score (nSPS) is 43.8. The van der Waals surface area contributed by atoms with Gasteiger partial charge < -0.3 is 10.5 Å². The van der Waals surface area contributed by atoms with E-state index in [9.17, 15) is 0 Å². The number of likely N-dealkylation sites (N-methyl/N-ethyl adjacent to an activating group) is 1. The summed E-state index contributed by atoms with van der Waals surface area (Å²) in [5.74, 6) is 0.568. The topological polar surface area (TPSA) is 62.3 Å². The first kappa shape index (κ1) is 8.95. The highest BCUT2D eigenvalue weighted by Gasteiger charge is 2.49. The van der Waals surface area contributed by atoms with Gasteiger partial charge in [0.25, 0.3) is 0 Å². The number of hydrogen-bond acceptors (Lipinski definition) is 4. The van der Waals surface area contributed by atoms with Gasteiger partial charge in [-0.15, -0.1) is 0 Å². The molecule has 1 aliphatic carbocycles. The standard InChI is InChI=1S/C9H15N3O/c1-12-5-6-4-7(13-3-2-10)9(12)8(6)11/h6-9H,3-5,11H2,1H3. The molecule has 13 heavy (non-hydrogen) atoms. The van der Waals surface area contributed by atoms with Crippen LogP contribution >= 0.6 is 0 Å². The van der Waals surface area contributed by atoms with Gasteiger partial charge in [0.15, 0.2) is 0 Å². The highest BCUT2D eigenvalue weighted by Crippen LogP contribution is 2.37. The van der Waals surface area contributed by atoms with Crippen molar-refractivity contribution < 1.29 is 4.74 Å². The van der Waals surface area contributed by atoms with Crippen molar-refractivity contribution >= 4 is 0 Å². The lowest BCUT2D eigenvalue weighted by Gasteiger charge is -2.29. The lowest BCUT2D eigenvalue weighted by atomic mass is 10.1. The maximum atomic E-state index is 8.41. The molecule has 0 aromatic heterocycles. The molecule has 0 amide bonds. The van der Waals surface area contributed by atoms with Gasteiger partial charge in [0, 0.05) is 12.6 Å². The summed E-state index contributed by atoms with van der Waals surface area (Å²) in [5, 5.41) is 8.41. The SMILES string of the molecule is CN1CC2CC(OCC#N)C1C2N. The van der Waals surface area contributed by atoms with Gasteiger partial charge in [-0.3, -0.25) is 4.90 Å². The van der Waals surface area contributed by atoms with Gasteiger partial charge in [-0.05, 0) is 19.4 Å². The molecule has 2 fully saturated rings. The summed E-state index contributed by atoms with van der Waals surface area (Å²) in [4.78, 5) is 2.25. The third-order valence-corrected chi connectivity index (χ3v) is 3.25. The van der Waals surface area contributed by atoms with Crippen LogP contribution in [0.15, 0.2) is 0 Å². The minimum absolute atomic E-state index is 0.179. The zero-order chi connectivity index (χ0) is 9.42. The second-order valence-electron chi connectivity index (χ2n) is 4.01. The maximum Gasteiger partial charge on any atom is 0.134 e. The van der Waals surface area contributed by atoms with Crippen LogP contribution in [0.3, 0.4) is 0 Å². The van der Waals surface area contributed by atoms with Crippen molar-refractivity contribution in [2.75, 3.05) is 20.2 Å². The van der Waals surface area contributed by atoms with Crippen molar-refractivity contribution in [1.29, 1.82) is 5.26 Å². The molecule has 4 atom stereocenters. The average Bonchev–Trinajstić information content (AvgIpc) is 2.54. The quantitative estimate of drug-likeness (QED) is 0.627. The van der Waals surface area contributed by atoms with E-state index in [1.807, 2.05) is 6.07 Å². The monoisotopic (exact) mass is 181 g/mol. The van der Waals surface area contributed by atoms with Gasteiger partial charge in [-0.2, -0.15) is 5.26 Å². The van der Waals surface area contributed by atoms with E-state index in [4.69, 9.17) is 15.7 Å². The predicted molar refractivity (Wildman–Crippen MR) is 47.9 cm³/mol. The molecule has 0 aromatic carbocycles. The fourth-order valence-electron chi connectivity index (χ4n) is 2.70. The molecule has 1 aliphatic heterocycles. The number of ether oxygens (including phenoxy) is 1. The molecule has 2 bridgehead atoms. The van der Waals surface area contributed by atoms with Crippen molar-refractivity contribution in [1.82, 2.24) is 4.90 Å². The fourth-order valence-corrected chi connectivity index (χ4v) is 2.70. The zero-order valence-corrected chi connectivity index (χ0v) is 7.81. The lowest BCUT2D eigenvalue weighted by molar-refractivity contribution is 0.0118. The smallest absolute Gasteiger partial charge is 0.134 e. The van der Waals surface area contributed by atoms with Gasteiger partial charge in [-0.25, -0.2) is 0 Å². The number of piperidine rings is 1. The van der Waals surface area contributed by atoms with Crippen LogP contribution in [0, 0.1) is 17.2 Å². The van der Waals surface area contributed by atoms with Crippen LogP contribution < -0.4 is 5.73 Å². The molecule has 4 nitrogen and oxygen atoms in total. The molecule has 4 unspecified atom stereocenters. The van der Waals surface area contributed by atoms with E-state index in [0.29, 0.717) is 12.0 Å². The summed E-state index contributed by atoms with van der Waals surface area (Å²) in [7, 11) is 2.08. The first-order valence-corrected chi connectivity index (χ1v) is 4.68. The van der Waals surface area contributed by atoms with Gasteiger partial charge >= 0.3 is 0 Å². The van der Waals surface area contributed by atoms with Crippen molar-refractivity contribution in [2.24, 2.45) is 11.7 Å². The van der Waals surface area contributed by atoms with Crippen molar-refractivity contribution in [3.05, 3.63) is 0 Å². The summed E-state index contributed by atoms with van der Waals surface area (Å²) in [6.45, 7) is 1.27. The van der Waals surface area contributed by atoms with E-state index < -0.39 is 0 Å². The minimum Gasteiger partial charge on any atom is -0.362 e. The molecule has 2 N–H and O–H groups in total. The fraction of sp³-hybridized carbons (Fsp3) is 0.889. The van der Waals surface area contributed by atoms with E-state index in [1.165, 1.54) is 0 Å². The summed E-state index contributed by atoms with van der Waals surface area (Å²) < 4.78 is 5.44. The number of nitrogens with two attached hydrogens (primary N) is 1. The molecule has 0 aromatic rings. The Bertz CT molecular complexity index is 238. The number of nitriles is 1. The van der Waals surface area contributed by atoms with Gasteiger partial charge in [0.2, 0.25) is 0 Å². The number of likely N-dealkylation sites (tertiary alicyclic amines) is 1. The van der Waals surface area contributed by atoms with E-state index >= 15 is 0 Å². The first-order chi connectivity index (χ1) is 6.24. The Hall–Kier alpha value is -0.630. The average molecular weight is 181 g/mol. The van der Waals surface area contributed by atoms with Crippen molar-refractivity contribution in [3.8, 4) is 6.07 Å². The van der Waals surface area contributed by atoms with Crippen LogP contribution in [0.25, 0.3) is 0 Å². The van der Waals surface area contributed by atoms with Crippen LogP contribution in [0.4, 0.5) is 0 Å². The highest BCUT2D eigenvalue weighted by molar-refractivity contribution is 5.06. The summed E-state index contributed by atoms with van der Waals surface area (Å²) >= 11 is 0. The molecule has 0 spiro atoms. The molecule has 4 heteroatoms. The second kappa shape index (κ2) is 3.26. The number of nitrogens with zero attached hydrogens (tertiary/aromatic N) is 2. The Morgan fingerprint density at radius 1 is 1.69 bits per heavy atom. The third kappa shape index (κ3) is 1.33. The number of fused-ring (bicyclic) bond motifs is 2. The lowest BCUT2D eigenvalue weighted by Crippen LogP contribution is -2.44. The zero-order valence-electron chi connectivity index (χ0n) is 7.81. The Morgan fingerprint density at radius 3 is 3.00 bits per heavy atom. The molecular weight excluding hydrogens is 166 g/mol. The predicted octanol–water partition coefficient (Wildman–Crippen LogP) is -0.444. The number of rotatable bonds is 2. The maximum absolute atomic E-state index is 8.41.